The minimum Gasteiger partial charge on any atom is -0.497 e. The highest BCUT2D eigenvalue weighted by Crippen LogP contribution is 2.18. The maximum Gasteiger partial charge on any atom is 0.130 e. The molecule has 0 aliphatic carbocycles. The molecule has 1 unspecified atom stereocenters. The standard InChI is InChI=1S/C14H20FNO4/c1-20-10-3-2-9(11(15)6-10)4-5-16-7-12(17)14(19)13(18)8-16/h2-3,6,12-14,17-19H,4-5,7-8H2,1H3/t12-,13+,14?. The molecule has 0 bridgehead atoms. The van der Waals surface area contributed by atoms with Crippen molar-refractivity contribution < 1.29 is 24.4 Å². The minimum atomic E-state index is -1.11. The molecule has 2 rings (SSSR count). The molecule has 112 valence electrons. The van der Waals surface area contributed by atoms with Crippen molar-refractivity contribution in [1.29, 1.82) is 0 Å². The van der Waals surface area contributed by atoms with E-state index in [0.717, 1.165) is 0 Å². The molecule has 0 spiro atoms. The molecule has 0 radical (unpaired) electrons. The summed E-state index contributed by atoms with van der Waals surface area (Å²) in [7, 11) is 1.48. The number of hydrogen-bond acceptors (Lipinski definition) is 5. The summed E-state index contributed by atoms with van der Waals surface area (Å²) in [5.41, 5.74) is 0.556. The summed E-state index contributed by atoms with van der Waals surface area (Å²) in [4.78, 5) is 1.81. The molecule has 0 aromatic heterocycles. The van der Waals surface area contributed by atoms with Crippen molar-refractivity contribution in [3.63, 3.8) is 0 Å². The van der Waals surface area contributed by atoms with Gasteiger partial charge in [0.1, 0.15) is 17.7 Å². The number of β-amino-alcohol motifs (C(OH)–C–C–N with tert-alkyl or cyclic N) is 2. The highest BCUT2D eigenvalue weighted by molar-refractivity contribution is 5.29. The van der Waals surface area contributed by atoms with E-state index in [1.807, 2.05) is 4.90 Å². The van der Waals surface area contributed by atoms with E-state index in [-0.39, 0.29) is 18.9 Å². The van der Waals surface area contributed by atoms with E-state index in [1.54, 1.807) is 12.1 Å². The summed E-state index contributed by atoms with van der Waals surface area (Å²) in [5, 5.41) is 28.6. The number of rotatable bonds is 4. The van der Waals surface area contributed by atoms with Gasteiger partial charge in [-0.1, -0.05) is 6.07 Å². The summed E-state index contributed by atoms with van der Waals surface area (Å²) in [5.74, 6) is 0.140. The lowest BCUT2D eigenvalue weighted by Gasteiger charge is -2.36. The fraction of sp³-hybridized carbons (Fsp3) is 0.571. The lowest BCUT2D eigenvalue weighted by Crippen LogP contribution is -2.55. The van der Waals surface area contributed by atoms with E-state index >= 15 is 0 Å². The molecule has 3 atom stereocenters. The average Bonchev–Trinajstić information content (AvgIpc) is 2.43. The van der Waals surface area contributed by atoms with Gasteiger partial charge in [0.15, 0.2) is 0 Å². The lowest BCUT2D eigenvalue weighted by molar-refractivity contribution is -0.109. The molecular weight excluding hydrogens is 265 g/mol. The Kier molecular flexibility index (Phi) is 4.93. The SMILES string of the molecule is COc1ccc(CCN2C[C@@H](O)C(O)[C@@H](O)C2)c(F)c1. The van der Waals surface area contributed by atoms with Crippen molar-refractivity contribution in [2.45, 2.75) is 24.7 Å². The van der Waals surface area contributed by atoms with Gasteiger partial charge < -0.3 is 20.1 Å². The second-order valence-electron chi connectivity index (χ2n) is 5.09. The second kappa shape index (κ2) is 6.49. The summed E-state index contributed by atoms with van der Waals surface area (Å²) in [6.07, 6.45) is -2.59. The molecule has 20 heavy (non-hydrogen) atoms. The molecule has 5 nitrogen and oxygen atoms in total. The molecular formula is C14H20FNO4. The maximum atomic E-state index is 13.8. The zero-order chi connectivity index (χ0) is 14.7. The Labute approximate surface area is 117 Å². The number of aliphatic hydroxyl groups excluding tert-OH is 3. The van der Waals surface area contributed by atoms with E-state index in [9.17, 15) is 19.7 Å². The largest absolute Gasteiger partial charge is 0.497 e. The van der Waals surface area contributed by atoms with Crippen LogP contribution in [0.3, 0.4) is 0 Å². The molecule has 3 N–H and O–H groups in total. The predicted molar refractivity (Wildman–Crippen MR) is 71.1 cm³/mol. The van der Waals surface area contributed by atoms with Crippen LogP contribution in [0.2, 0.25) is 0 Å². The summed E-state index contributed by atoms with van der Waals surface area (Å²) in [6, 6.07) is 4.70. The second-order valence-corrected chi connectivity index (χ2v) is 5.09. The average molecular weight is 285 g/mol. The van der Waals surface area contributed by atoms with Gasteiger partial charge in [-0.25, -0.2) is 4.39 Å². The first kappa shape index (κ1) is 15.2. The Morgan fingerprint density at radius 2 is 1.90 bits per heavy atom. The third-order valence-electron chi connectivity index (χ3n) is 3.64. The smallest absolute Gasteiger partial charge is 0.130 e. The molecule has 1 aromatic rings. The van der Waals surface area contributed by atoms with Crippen LogP contribution >= 0.6 is 0 Å². The van der Waals surface area contributed by atoms with E-state index in [0.29, 0.717) is 24.3 Å². The van der Waals surface area contributed by atoms with E-state index < -0.39 is 18.3 Å². The van der Waals surface area contributed by atoms with Crippen LogP contribution in [0.5, 0.6) is 5.75 Å². The van der Waals surface area contributed by atoms with Gasteiger partial charge in [0, 0.05) is 25.7 Å². The first-order valence-electron chi connectivity index (χ1n) is 6.60. The van der Waals surface area contributed by atoms with Crippen molar-refractivity contribution in [2.75, 3.05) is 26.7 Å². The van der Waals surface area contributed by atoms with Crippen LogP contribution in [0.1, 0.15) is 5.56 Å². The van der Waals surface area contributed by atoms with E-state index in [1.165, 1.54) is 13.2 Å². The molecule has 1 heterocycles. The van der Waals surface area contributed by atoms with Crippen molar-refractivity contribution in [3.05, 3.63) is 29.6 Å². The number of likely N-dealkylation sites (tertiary alicyclic amines) is 1. The fourth-order valence-electron chi connectivity index (χ4n) is 2.39. The van der Waals surface area contributed by atoms with Gasteiger partial charge in [0.25, 0.3) is 0 Å². The van der Waals surface area contributed by atoms with Gasteiger partial charge in [-0.15, -0.1) is 0 Å². The van der Waals surface area contributed by atoms with Crippen LogP contribution in [-0.4, -0.2) is 65.3 Å². The normalized spacial score (nSPS) is 27.6. The zero-order valence-corrected chi connectivity index (χ0v) is 11.4. The topological polar surface area (TPSA) is 73.2 Å². The van der Waals surface area contributed by atoms with Crippen LogP contribution in [0.15, 0.2) is 18.2 Å². The van der Waals surface area contributed by atoms with Gasteiger partial charge in [-0.05, 0) is 18.1 Å². The lowest BCUT2D eigenvalue weighted by atomic mass is 10.0. The molecule has 1 aliphatic heterocycles. The third-order valence-corrected chi connectivity index (χ3v) is 3.64. The van der Waals surface area contributed by atoms with Gasteiger partial charge in [0.05, 0.1) is 19.3 Å². The number of hydrogen-bond donors (Lipinski definition) is 3. The van der Waals surface area contributed by atoms with Crippen molar-refractivity contribution in [2.24, 2.45) is 0 Å². The Morgan fingerprint density at radius 1 is 1.25 bits per heavy atom. The fourth-order valence-corrected chi connectivity index (χ4v) is 2.39. The quantitative estimate of drug-likeness (QED) is 0.713. The van der Waals surface area contributed by atoms with Gasteiger partial charge in [-0.2, -0.15) is 0 Å². The number of nitrogens with zero attached hydrogens (tertiary/aromatic N) is 1. The molecule has 0 saturated carbocycles. The van der Waals surface area contributed by atoms with Crippen LogP contribution in [0, 0.1) is 5.82 Å². The van der Waals surface area contributed by atoms with Crippen molar-refractivity contribution >= 4 is 0 Å². The Hall–Kier alpha value is -1.21. The van der Waals surface area contributed by atoms with Gasteiger partial charge >= 0.3 is 0 Å². The summed E-state index contributed by atoms with van der Waals surface area (Å²) in [6.45, 7) is 1.05. The zero-order valence-electron chi connectivity index (χ0n) is 11.4. The summed E-state index contributed by atoms with van der Waals surface area (Å²) < 4.78 is 18.7. The third kappa shape index (κ3) is 3.46. The predicted octanol–water partition coefficient (Wildman–Crippen LogP) is -0.225. The summed E-state index contributed by atoms with van der Waals surface area (Å²) >= 11 is 0. The number of methoxy groups -OCH3 is 1. The molecule has 1 aliphatic rings. The number of piperidine rings is 1. The highest BCUT2D eigenvalue weighted by Gasteiger charge is 2.33. The molecule has 6 heteroatoms. The first-order chi connectivity index (χ1) is 9.51. The van der Waals surface area contributed by atoms with Crippen LogP contribution in [0.4, 0.5) is 4.39 Å². The van der Waals surface area contributed by atoms with Crippen molar-refractivity contribution in [1.82, 2.24) is 4.90 Å². The van der Waals surface area contributed by atoms with Crippen molar-refractivity contribution in [3.8, 4) is 5.75 Å². The monoisotopic (exact) mass is 285 g/mol. The number of ether oxygens (including phenoxy) is 1. The minimum absolute atomic E-state index is 0.274. The Morgan fingerprint density at radius 3 is 2.45 bits per heavy atom. The number of benzene rings is 1. The van der Waals surface area contributed by atoms with Crippen LogP contribution in [-0.2, 0) is 6.42 Å². The molecule has 1 aromatic carbocycles. The van der Waals surface area contributed by atoms with Gasteiger partial charge in [0.2, 0.25) is 0 Å². The van der Waals surface area contributed by atoms with E-state index in [2.05, 4.69) is 0 Å². The van der Waals surface area contributed by atoms with Gasteiger partial charge in [-0.3, -0.25) is 4.90 Å². The number of halogens is 1. The molecule has 0 amide bonds. The van der Waals surface area contributed by atoms with E-state index in [4.69, 9.17) is 4.74 Å². The highest BCUT2D eigenvalue weighted by atomic mass is 19.1. The maximum absolute atomic E-state index is 13.8. The molecule has 1 saturated heterocycles. The van der Waals surface area contributed by atoms with Crippen LogP contribution in [0.25, 0.3) is 0 Å². The number of aliphatic hydroxyl groups is 3. The molecule has 1 fully saturated rings. The Balaban J connectivity index is 1.92. The first-order valence-corrected chi connectivity index (χ1v) is 6.60. The van der Waals surface area contributed by atoms with Crippen LogP contribution < -0.4 is 4.74 Å². The Bertz CT molecular complexity index is 445.